The lowest BCUT2D eigenvalue weighted by molar-refractivity contribution is -0.167. The van der Waals surface area contributed by atoms with Crippen molar-refractivity contribution in [3.63, 3.8) is 0 Å². The Kier molecular flexibility index (Phi) is 3.56. The van der Waals surface area contributed by atoms with Crippen LogP contribution in [0.1, 0.15) is 6.92 Å². The molecular weight excluding hydrogens is 277 g/mol. The van der Waals surface area contributed by atoms with Crippen molar-refractivity contribution in [2.24, 2.45) is 0 Å². The SMILES string of the molecule is CCN1C(=O)COc2ccc(NC(=O)C(F)(F)F)cc21. The van der Waals surface area contributed by atoms with E-state index in [-0.39, 0.29) is 18.2 Å². The van der Waals surface area contributed by atoms with Crippen LogP contribution in [0.25, 0.3) is 0 Å². The van der Waals surface area contributed by atoms with E-state index in [0.717, 1.165) is 0 Å². The molecule has 20 heavy (non-hydrogen) atoms. The predicted molar refractivity (Wildman–Crippen MR) is 64.6 cm³/mol. The van der Waals surface area contributed by atoms with E-state index < -0.39 is 12.1 Å². The molecule has 8 heteroatoms. The number of benzene rings is 1. The summed E-state index contributed by atoms with van der Waals surface area (Å²) in [7, 11) is 0. The normalized spacial score (nSPS) is 14.6. The minimum atomic E-state index is -4.97. The molecule has 0 aromatic heterocycles. The smallest absolute Gasteiger partial charge is 0.471 e. The number of alkyl halides is 3. The number of hydrogen-bond acceptors (Lipinski definition) is 3. The van der Waals surface area contributed by atoms with E-state index in [1.54, 1.807) is 12.2 Å². The van der Waals surface area contributed by atoms with Crippen molar-refractivity contribution in [3.8, 4) is 5.75 Å². The zero-order valence-corrected chi connectivity index (χ0v) is 10.5. The van der Waals surface area contributed by atoms with Crippen LogP contribution in [0, 0.1) is 0 Å². The maximum Gasteiger partial charge on any atom is 0.471 e. The summed E-state index contributed by atoms with van der Waals surface area (Å²) in [4.78, 5) is 23.9. The van der Waals surface area contributed by atoms with Crippen LogP contribution in [0.2, 0.25) is 0 Å². The molecule has 108 valence electrons. The van der Waals surface area contributed by atoms with Gasteiger partial charge in [0.1, 0.15) is 5.75 Å². The Balaban J connectivity index is 2.29. The van der Waals surface area contributed by atoms with Gasteiger partial charge in [0.05, 0.1) is 5.69 Å². The molecule has 0 bridgehead atoms. The number of hydrogen-bond donors (Lipinski definition) is 1. The van der Waals surface area contributed by atoms with Crippen LogP contribution in [0.3, 0.4) is 0 Å². The summed E-state index contributed by atoms with van der Waals surface area (Å²) in [6, 6.07) is 3.97. The zero-order chi connectivity index (χ0) is 14.9. The van der Waals surface area contributed by atoms with Gasteiger partial charge in [-0.25, -0.2) is 0 Å². The number of carbonyl (C=O) groups is 2. The Morgan fingerprint density at radius 3 is 2.75 bits per heavy atom. The molecular formula is C12H11F3N2O3. The number of ether oxygens (including phenoxy) is 1. The van der Waals surface area contributed by atoms with Crippen LogP contribution in [-0.2, 0) is 9.59 Å². The molecule has 1 aromatic rings. The van der Waals surface area contributed by atoms with Gasteiger partial charge in [-0.15, -0.1) is 0 Å². The Labute approximate surface area is 112 Å². The number of carbonyl (C=O) groups excluding carboxylic acids is 2. The van der Waals surface area contributed by atoms with E-state index in [4.69, 9.17) is 4.74 Å². The Bertz CT molecular complexity index is 557. The van der Waals surface area contributed by atoms with E-state index in [2.05, 4.69) is 0 Å². The monoisotopic (exact) mass is 288 g/mol. The number of nitrogens with zero attached hydrogens (tertiary/aromatic N) is 1. The maximum atomic E-state index is 12.2. The molecule has 0 aliphatic carbocycles. The highest BCUT2D eigenvalue weighted by Gasteiger charge is 2.38. The van der Waals surface area contributed by atoms with Gasteiger partial charge >= 0.3 is 12.1 Å². The summed E-state index contributed by atoms with van der Waals surface area (Å²) in [6.07, 6.45) is -4.97. The van der Waals surface area contributed by atoms with E-state index in [0.29, 0.717) is 18.0 Å². The molecule has 5 nitrogen and oxygen atoms in total. The first-order valence-electron chi connectivity index (χ1n) is 5.78. The predicted octanol–water partition coefficient (Wildman–Crippen LogP) is 1.93. The molecule has 1 aliphatic heterocycles. The van der Waals surface area contributed by atoms with Crippen LogP contribution in [0.4, 0.5) is 24.5 Å². The van der Waals surface area contributed by atoms with Crippen molar-refractivity contribution < 1.29 is 27.5 Å². The number of rotatable bonds is 2. The van der Waals surface area contributed by atoms with Gasteiger partial charge in [-0.3, -0.25) is 9.59 Å². The van der Waals surface area contributed by atoms with Crippen LogP contribution in [0.5, 0.6) is 5.75 Å². The fourth-order valence-corrected chi connectivity index (χ4v) is 1.83. The zero-order valence-electron chi connectivity index (χ0n) is 10.5. The third-order valence-electron chi connectivity index (χ3n) is 2.73. The van der Waals surface area contributed by atoms with E-state index >= 15 is 0 Å². The molecule has 0 fully saturated rings. The van der Waals surface area contributed by atoms with Crippen molar-refractivity contribution >= 4 is 23.2 Å². The Morgan fingerprint density at radius 1 is 1.45 bits per heavy atom. The number of halogens is 3. The largest absolute Gasteiger partial charge is 0.482 e. The highest BCUT2D eigenvalue weighted by Crippen LogP contribution is 2.34. The number of anilines is 2. The third-order valence-corrected chi connectivity index (χ3v) is 2.73. The van der Waals surface area contributed by atoms with Gasteiger partial charge in [0, 0.05) is 12.2 Å². The van der Waals surface area contributed by atoms with E-state index in [1.807, 2.05) is 0 Å². The first-order chi connectivity index (χ1) is 9.32. The lowest BCUT2D eigenvalue weighted by Crippen LogP contribution is -2.38. The molecule has 0 saturated carbocycles. The minimum Gasteiger partial charge on any atom is -0.482 e. The van der Waals surface area contributed by atoms with Crippen molar-refractivity contribution in [1.82, 2.24) is 0 Å². The summed E-state index contributed by atoms with van der Waals surface area (Å²) >= 11 is 0. The molecule has 0 saturated heterocycles. The summed E-state index contributed by atoms with van der Waals surface area (Å²) in [5, 5.41) is 1.73. The summed E-state index contributed by atoms with van der Waals surface area (Å²) in [5.41, 5.74) is 0.284. The van der Waals surface area contributed by atoms with Crippen molar-refractivity contribution in [3.05, 3.63) is 18.2 Å². The lowest BCUT2D eigenvalue weighted by atomic mass is 10.2. The van der Waals surface area contributed by atoms with Crippen molar-refractivity contribution in [2.75, 3.05) is 23.4 Å². The number of likely N-dealkylation sites (N-methyl/N-ethyl adjacent to an activating group) is 1. The van der Waals surface area contributed by atoms with Gasteiger partial charge in [-0.1, -0.05) is 0 Å². The minimum absolute atomic E-state index is 0.0529. The topological polar surface area (TPSA) is 58.6 Å². The second-order valence-corrected chi connectivity index (χ2v) is 4.06. The second-order valence-electron chi connectivity index (χ2n) is 4.06. The quantitative estimate of drug-likeness (QED) is 0.904. The van der Waals surface area contributed by atoms with Gasteiger partial charge in [0.25, 0.3) is 5.91 Å². The first-order valence-corrected chi connectivity index (χ1v) is 5.78. The lowest BCUT2D eigenvalue weighted by Gasteiger charge is -2.28. The molecule has 1 N–H and O–H groups in total. The van der Waals surface area contributed by atoms with Crippen LogP contribution in [0.15, 0.2) is 18.2 Å². The fourth-order valence-electron chi connectivity index (χ4n) is 1.83. The average molecular weight is 288 g/mol. The van der Waals surface area contributed by atoms with Crippen LogP contribution < -0.4 is 15.0 Å². The summed E-state index contributed by atoms with van der Waals surface area (Å²) in [5.74, 6) is -1.97. The van der Waals surface area contributed by atoms with Crippen molar-refractivity contribution in [2.45, 2.75) is 13.1 Å². The standard InChI is InChI=1S/C12H11F3N2O3/c1-2-17-8-5-7(16-11(19)12(13,14)15)3-4-9(8)20-6-10(17)18/h3-5H,2,6H2,1H3,(H,16,19). The summed E-state index contributed by atoms with van der Waals surface area (Å²) in [6.45, 7) is 1.97. The molecule has 0 atom stereocenters. The second kappa shape index (κ2) is 5.03. The van der Waals surface area contributed by atoms with Gasteiger partial charge in [0.15, 0.2) is 6.61 Å². The number of amides is 2. The molecule has 2 rings (SSSR count). The van der Waals surface area contributed by atoms with Gasteiger partial charge in [-0.2, -0.15) is 13.2 Å². The Morgan fingerprint density at radius 2 is 2.15 bits per heavy atom. The molecule has 2 amide bonds. The summed E-state index contributed by atoms with van der Waals surface area (Å²) < 4.78 is 41.7. The van der Waals surface area contributed by atoms with Crippen LogP contribution in [-0.4, -0.2) is 31.1 Å². The number of fused-ring (bicyclic) bond motifs is 1. The third kappa shape index (κ3) is 2.68. The highest BCUT2D eigenvalue weighted by atomic mass is 19.4. The van der Waals surface area contributed by atoms with Crippen LogP contribution >= 0.6 is 0 Å². The van der Waals surface area contributed by atoms with Gasteiger partial charge in [0.2, 0.25) is 0 Å². The van der Waals surface area contributed by atoms with E-state index in [1.165, 1.54) is 23.1 Å². The average Bonchev–Trinajstić information content (AvgIpc) is 2.37. The highest BCUT2D eigenvalue weighted by molar-refractivity contribution is 6.00. The number of nitrogens with one attached hydrogen (secondary N) is 1. The van der Waals surface area contributed by atoms with E-state index in [9.17, 15) is 22.8 Å². The van der Waals surface area contributed by atoms with Crippen molar-refractivity contribution in [1.29, 1.82) is 0 Å². The molecule has 1 aromatic carbocycles. The van der Waals surface area contributed by atoms with Gasteiger partial charge < -0.3 is 15.0 Å². The molecule has 0 radical (unpaired) electrons. The fraction of sp³-hybridized carbons (Fsp3) is 0.333. The molecule has 0 unspecified atom stereocenters. The Hall–Kier alpha value is -2.25. The first kappa shape index (κ1) is 14.2. The maximum absolute atomic E-state index is 12.2. The molecule has 1 aliphatic rings. The van der Waals surface area contributed by atoms with Gasteiger partial charge in [-0.05, 0) is 25.1 Å². The molecule has 0 spiro atoms. The molecule has 1 heterocycles.